The van der Waals surface area contributed by atoms with E-state index in [1.165, 1.54) is 5.56 Å². The number of anilines is 1. The molecule has 0 unspecified atom stereocenters. The zero-order valence-corrected chi connectivity index (χ0v) is 17.4. The highest BCUT2D eigenvalue weighted by molar-refractivity contribution is 6.05. The molecular formula is C24H27N3O3. The number of likely N-dealkylation sites (tertiary alicyclic amines) is 1. The molecule has 0 saturated carbocycles. The van der Waals surface area contributed by atoms with Crippen molar-refractivity contribution < 1.29 is 13.9 Å². The molecule has 0 bridgehead atoms. The van der Waals surface area contributed by atoms with Gasteiger partial charge >= 0.3 is 0 Å². The largest absolute Gasteiger partial charge is 0.497 e. The maximum Gasteiger partial charge on any atom is 0.257 e. The second-order valence-corrected chi connectivity index (χ2v) is 7.75. The zero-order chi connectivity index (χ0) is 20.9. The second-order valence-electron chi connectivity index (χ2n) is 7.75. The second kappa shape index (κ2) is 9.13. The molecule has 1 aliphatic heterocycles. The van der Waals surface area contributed by atoms with Gasteiger partial charge in [-0.25, -0.2) is 0 Å². The smallest absolute Gasteiger partial charge is 0.257 e. The van der Waals surface area contributed by atoms with Crippen molar-refractivity contribution >= 4 is 11.6 Å². The summed E-state index contributed by atoms with van der Waals surface area (Å²) in [6, 6.07) is 13.2. The van der Waals surface area contributed by atoms with Gasteiger partial charge in [0.25, 0.3) is 5.91 Å². The lowest BCUT2D eigenvalue weighted by molar-refractivity contribution is 0.102. The van der Waals surface area contributed by atoms with Gasteiger partial charge < -0.3 is 14.5 Å². The summed E-state index contributed by atoms with van der Waals surface area (Å²) < 4.78 is 10.4. The summed E-state index contributed by atoms with van der Waals surface area (Å²) in [5.74, 6) is 0.915. The van der Waals surface area contributed by atoms with Gasteiger partial charge in [0, 0.05) is 29.4 Å². The summed E-state index contributed by atoms with van der Waals surface area (Å²) in [5.41, 5.74) is 4.43. The molecule has 6 nitrogen and oxygen atoms in total. The average Bonchev–Trinajstić information content (AvgIpc) is 3.28. The molecule has 4 rings (SSSR count). The average molecular weight is 405 g/mol. The predicted molar refractivity (Wildman–Crippen MR) is 116 cm³/mol. The van der Waals surface area contributed by atoms with E-state index in [1.54, 1.807) is 19.6 Å². The minimum atomic E-state index is -0.122. The molecular weight excluding hydrogens is 378 g/mol. The molecule has 1 amide bonds. The molecule has 0 atom stereocenters. The number of aryl methyl sites for hydroxylation is 1. The maximum atomic E-state index is 13.0. The van der Waals surface area contributed by atoms with E-state index in [2.05, 4.69) is 10.2 Å². The van der Waals surface area contributed by atoms with E-state index in [4.69, 9.17) is 14.1 Å². The SMILES string of the molecule is COc1ccc(NC(=O)c2ccc(C)nc2C2CCN(Cc3ccoc3)CC2)cc1. The van der Waals surface area contributed by atoms with Crippen molar-refractivity contribution in [1.82, 2.24) is 9.88 Å². The first-order valence-corrected chi connectivity index (χ1v) is 10.3. The molecule has 1 saturated heterocycles. The summed E-state index contributed by atoms with van der Waals surface area (Å²) >= 11 is 0. The standard InChI is InChI=1S/C24H27N3O3/c1-17-3-8-22(24(28)26-20-4-6-21(29-2)7-5-20)23(25-17)19-9-12-27(13-10-19)15-18-11-14-30-16-18/h3-8,11,14,16,19H,9-10,12-13,15H2,1-2H3,(H,26,28). The lowest BCUT2D eigenvalue weighted by Gasteiger charge is -2.32. The Labute approximate surface area is 176 Å². The number of furan rings is 1. The van der Waals surface area contributed by atoms with E-state index < -0.39 is 0 Å². The van der Waals surface area contributed by atoms with Crippen LogP contribution in [0.3, 0.4) is 0 Å². The van der Waals surface area contributed by atoms with Crippen LogP contribution in [0.5, 0.6) is 5.75 Å². The van der Waals surface area contributed by atoms with Gasteiger partial charge in [0.15, 0.2) is 0 Å². The van der Waals surface area contributed by atoms with Crippen LogP contribution in [-0.2, 0) is 6.54 Å². The number of ether oxygens (including phenoxy) is 1. The summed E-state index contributed by atoms with van der Waals surface area (Å²) in [6.45, 7) is 4.83. The Hall–Kier alpha value is -3.12. The van der Waals surface area contributed by atoms with Crippen molar-refractivity contribution in [2.45, 2.75) is 32.2 Å². The molecule has 1 fully saturated rings. The zero-order valence-electron chi connectivity index (χ0n) is 17.4. The monoisotopic (exact) mass is 405 g/mol. The highest BCUT2D eigenvalue weighted by Gasteiger charge is 2.26. The van der Waals surface area contributed by atoms with Crippen molar-refractivity contribution in [3.05, 3.63) is 77.5 Å². The van der Waals surface area contributed by atoms with E-state index in [0.29, 0.717) is 5.56 Å². The van der Waals surface area contributed by atoms with Gasteiger partial charge in [-0.3, -0.25) is 14.7 Å². The first kappa shape index (κ1) is 20.2. The Bertz CT molecular complexity index is 975. The number of methoxy groups -OCH3 is 1. The Balaban J connectivity index is 1.45. The van der Waals surface area contributed by atoms with Crippen molar-refractivity contribution in [3.63, 3.8) is 0 Å². The van der Waals surface area contributed by atoms with E-state index in [0.717, 1.165) is 55.3 Å². The number of amides is 1. The third kappa shape index (κ3) is 4.71. The van der Waals surface area contributed by atoms with Crippen LogP contribution in [0.25, 0.3) is 0 Å². The molecule has 0 spiro atoms. The topological polar surface area (TPSA) is 67.6 Å². The molecule has 3 heterocycles. The Morgan fingerprint density at radius 1 is 1.17 bits per heavy atom. The number of benzene rings is 1. The van der Waals surface area contributed by atoms with E-state index in [9.17, 15) is 4.79 Å². The van der Waals surface area contributed by atoms with Gasteiger partial charge in [0.1, 0.15) is 5.75 Å². The van der Waals surface area contributed by atoms with Crippen LogP contribution < -0.4 is 10.1 Å². The van der Waals surface area contributed by atoms with Gasteiger partial charge in [0.2, 0.25) is 0 Å². The number of hydrogen-bond acceptors (Lipinski definition) is 5. The number of hydrogen-bond donors (Lipinski definition) is 1. The van der Waals surface area contributed by atoms with Crippen LogP contribution in [0.4, 0.5) is 5.69 Å². The number of piperidine rings is 1. The molecule has 3 aromatic rings. The van der Waals surface area contributed by atoms with Crippen LogP contribution in [0.15, 0.2) is 59.4 Å². The van der Waals surface area contributed by atoms with Crippen LogP contribution in [0.1, 0.15) is 46.1 Å². The normalized spacial score (nSPS) is 15.1. The fraction of sp³-hybridized carbons (Fsp3) is 0.333. The van der Waals surface area contributed by atoms with Crippen LogP contribution in [0.2, 0.25) is 0 Å². The first-order chi connectivity index (χ1) is 14.6. The van der Waals surface area contributed by atoms with Crippen molar-refractivity contribution in [3.8, 4) is 5.75 Å². The number of carbonyl (C=O) groups is 1. The molecule has 1 N–H and O–H groups in total. The highest BCUT2D eigenvalue weighted by Crippen LogP contribution is 2.30. The molecule has 6 heteroatoms. The highest BCUT2D eigenvalue weighted by atomic mass is 16.5. The van der Waals surface area contributed by atoms with Gasteiger partial charge in [0.05, 0.1) is 30.9 Å². The van der Waals surface area contributed by atoms with E-state index in [1.807, 2.05) is 49.4 Å². The summed E-state index contributed by atoms with van der Waals surface area (Å²) in [6.07, 6.45) is 5.48. The molecule has 1 aromatic carbocycles. The Morgan fingerprint density at radius 2 is 1.93 bits per heavy atom. The van der Waals surface area contributed by atoms with Crippen LogP contribution in [0, 0.1) is 6.92 Å². The minimum Gasteiger partial charge on any atom is -0.497 e. The summed E-state index contributed by atoms with van der Waals surface area (Å²) in [5, 5.41) is 2.99. The minimum absolute atomic E-state index is 0.122. The number of rotatable bonds is 6. The summed E-state index contributed by atoms with van der Waals surface area (Å²) in [4.78, 5) is 20.2. The van der Waals surface area contributed by atoms with Gasteiger partial charge in [-0.2, -0.15) is 0 Å². The predicted octanol–water partition coefficient (Wildman–Crippen LogP) is 4.62. The third-order valence-corrected chi connectivity index (χ3v) is 5.62. The molecule has 156 valence electrons. The molecule has 2 aromatic heterocycles. The number of aromatic nitrogens is 1. The van der Waals surface area contributed by atoms with Gasteiger partial charge in [-0.15, -0.1) is 0 Å². The number of pyridine rings is 1. The van der Waals surface area contributed by atoms with Crippen molar-refractivity contribution in [1.29, 1.82) is 0 Å². The lowest BCUT2D eigenvalue weighted by atomic mass is 9.89. The first-order valence-electron chi connectivity index (χ1n) is 10.3. The molecule has 0 radical (unpaired) electrons. The van der Waals surface area contributed by atoms with Gasteiger partial charge in [-0.1, -0.05) is 0 Å². The molecule has 1 aliphatic rings. The van der Waals surface area contributed by atoms with Crippen LogP contribution >= 0.6 is 0 Å². The third-order valence-electron chi connectivity index (χ3n) is 5.62. The summed E-state index contributed by atoms with van der Waals surface area (Å²) in [7, 11) is 1.62. The van der Waals surface area contributed by atoms with E-state index in [-0.39, 0.29) is 11.8 Å². The number of nitrogens with zero attached hydrogens (tertiary/aromatic N) is 2. The fourth-order valence-corrected chi connectivity index (χ4v) is 3.96. The molecule has 0 aliphatic carbocycles. The number of carbonyl (C=O) groups excluding carboxylic acids is 1. The Morgan fingerprint density at radius 3 is 2.60 bits per heavy atom. The maximum absolute atomic E-state index is 13.0. The molecule has 30 heavy (non-hydrogen) atoms. The fourth-order valence-electron chi connectivity index (χ4n) is 3.96. The van der Waals surface area contributed by atoms with Gasteiger partial charge in [-0.05, 0) is 75.3 Å². The Kier molecular flexibility index (Phi) is 6.14. The van der Waals surface area contributed by atoms with Crippen LogP contribution in [-0.4, -0.2) is 36.0 Å². The van der Waals surface area contributed by atoms with Crippen molar-refractivity contribution in [2.24, 2.45) is 0 Å². The number of nitrogens with one attached hydrogen (secondary N) is 1. The lowest BCUT2D eigenvalue weighted by Crippen LogP contribution is -2.33. The van der Waals surface area contributed by atoms with E-state index >= 15 is 0 Å². The van der Waals surface area contributed by atoms with Crippen molar-refractivity contribution in [2.75, 3.05) is 25.5 Å². The quantitative estimate of drug-likeness (QED) is 0.648.